The second kappa shape index (κ2) is 16.5. The highest BCUT2D eigenvalue weighted by atomic mass is 15.0. The standard InChI is InChI=1S/C66H44N2/c1-6-20-45(21-7-1)53-31-18-32-54(46-22-8-2-9-23-46)65(53)49-36-39-62-58(42-49)59-43-50(66-55(47-24-10-3-11-25-47)33-19-34-56(66)48-26-12-4-13-27-48)37-40-63(59)68(62)52-38-41-64-60(44-52)57-30-16-17-35-61(57)67(64)51-28-14-5-15-29-51/h1-44H/i5D,14D,15D,28D,29D. The van der Waals surface area contributed by atoms with Crippen LogP contribution in [0.4, 0.5) is 0 Å². The van der Waals surface area contributed by atoms with E-state index in [1.54, 1.807) is 0 Å². The van der Waals surface area contributed by atoms with Gasteiger partial charge in [-0.3, -0.25) is 0 Å². The molecule has 0 saturated carbocycles. The molecule has 0 fully saturated rings. The molecule has 318 valence electrons. The van der Waals surface area contributed by atoms with Gasteiger partial charge in [0.1, 0.15) is 0 Å². The smallest absolute Gasteiger partial charge is 0.0645 e. The number of hydrogen-bond acceptors (Lipinski definition) is 0. The highest BCUT2D eigenvalue weighted by Crippen LogP contribution is 2.46. The first-order valence-corrected chi connectivity index (χ1v) is 23.0. The van der Waals surface area contributed by atoms with Gasteiger partial charge in [0, 0.05) is 32.9 Å². The Balaban J connectivity index is 1.11. The highest BCUT2D eigenvalue weighted by molar-refractivity contribution is 6.15. The van der Waals surface area contributed by atoms with E-state index in [9.17, 15) is 0 Å². The van der Waals surface area contributed by atoms with Gasteiger partial charge in [-0.15, -0.1) is 0 Å². The lowest BCUT2D eigenvalue weighted by Gasteiger charge is -2.17. The lowest BCUT2D eigenvalue weighted by Crippen LogP contribution is -1.96. The van der Waals surface area contributed by atoms with Crippen molar-refractivity contribution in [3.8, 4) is 78.1 Å². The molecular weight excluding hydrogens is 821 g/mol. The van der Waals surface area contributed by atoms with Crippen molar-refractivity contribution in [2.24, 2.45) is 0 Å². The van der Waals surface area contributed by atoms with Gasteiger partial charge in [-0.2, -0.15) is 0 Å². The van der Waals surface area contributed by atoms with Crippen LogP contribution in [-0.2, 0) is 0 Å². The van der Waals surface area contributed by atoms with E-state index in [0.29, 0.717) is 0 Å². The minimum absolute atomic E-state index is 0.123. The Morgan fingerprint density at radius 1 is 0.250 bits per heavy atom. The largest absolute Gasteiger partial charge is 0.309 e. The van der Waals surface area contributed by atoms with Crippen molar-refractivity contribution in [1.82, 2.24) is 9.13 Å². The summed E-state index contributed by atoms with van der Waals surface area (Å²) in [6.07, 6.45) is 0. The molecule has 2 nitrogen and oxygen atoms in total. The molecule has 2 heterocycles. The summed E-state index contributed by atoms with van der Waals surface area (Å²) in [5, 5.41) is 4.00. The van der Waals surface area contributed by atoms with Crippen LogP contribution < -0.4 is 0 Å². The van der Waals surface area contributed by atoms with Crippen LogP contribution in [0.1, 0.15) is 6.85 Å². The topological polar surface area (TPSA) is 9.86 Å². The predicted octanol–water partition coefficient (Wildman–Crippen LogP) is 17.9. The van der Waals surface area contributed by atoms with E-state index in [1.807, 2.05) is 34.9 Å². The number of para-hydroxylation sites is 2. The number of aromatic nitrogens is 2. The third kappa shape index (κ3) is 6.57. The van der Waals surface area contributed by atoms with Gasteiger partial charge >= 0.3 is 0 Å². The maximum absolute atomic E-state index is 9.01. The van der Waals surface area contributed by atoms with E-state index < -0.39 is 6.04 Å². The van der Waals surface area contributed by atoms with Gasteiger partial charge in [0.2, 0.25) is 0 Å². The summed E-state index contributed by atoms with van der Waals surface area (Å²) in [6, 6.07) is 82.1. The molecule has 0 saturated heterocycles. The van der Waals surface area contributed by atoms with Crippen molar-refractivity contribution in [1.29, 1.82) is 0 Å². The van der Waals surface area contributed by atoms with E-state index in [-0.39, 0.29) is 29.9 Å². The molecule has 0 unspecified atom stereocenters. The molecule has 0 aliphatic rings. The van der Waals surface area contributed by atoms with Crippen LogP contribution >= 0.6 is 0 Å². The zero-order chi connectivity index (χ0) is 49.3. The lowest BCUT2D eigenvalue weighted by molar-refractivity contribution is 1.17. The van der Waals surface area contributed by atoms with E-state index in [2.05, 4.69) is 211 Å². The molecule has 0 aliphatic heterocycles. The first kappa shape index (κ1) is 34.4. The van der Waals surface area contributed by atoms with Crippen molar-refractivity contribution < 1.29 is 6.85 Å². The monoisotopic (exact) mass is 869 g/mol. The second-order valence-corrected chi connectivity index (χ2v) is 17.2. The van der Waals surface area contributed by atoms with Gasteiger partial charge in [0.05, 0.1) is 28.9 Å². The van der Waals surface area contributed by atoms with Crippen LogP contribution in [-0.4, -0.2) is 9.13 Å². The summed E-state index contributed by atoms with van der Waals surface area (Å²) in [5.41, 5.74) is 18.3. The van der Waals surface area contributed by atoms with Crippen molar-refractivity contribution in [2.45, 2.75) is 0 Å². The molecular formula is C66H44N2. The fraction of sp³-hybridized carbons (Fsp3) is 0. The van der Waals surface area contributed by atoms with E-state index in [4.69, 9.17) is 6.85 Å². The summed E-state index contributed by atoms with van der Waals surface area (Å²) in [5.74, 6) is 0. The maximum Gasteiger partial charge on any atom is 0.0645 e. The SMILES string of the molecule is [2H]c1c([2H])c([2H])c(-n2c3ccccc3c3cc(-n4c5ccc(-c6c(-c7ccccc7)cccc6-c6ccccc6)cc5c5cc(-c6c(-c7ccccc7)cccc6-c6ccccc6)ccc54)ccc32)c([2H])c1[2H]. The molecule has 2 heteroatoms. The summed E-state index contributed by atoms with van der Waals surface area (Å²) in [7, 11) is 0. The highest BCUT2D eigenvalue weighted by Gasteiger charge is 2.22. The predicted molar refractivity (Wildman–Crippen MR) is 288 cm³/mol. The van der Waals surface area contributed by atoms with Gasteiger partial charge in [0.25, 0.3) is 0 Å². The van der Waals surface area contributed by atoms with Crippen molar-refractivity contribution in [3.63, 3.8) is 0 Å². The average Bonchev–Trinajstić information content (AvgIpc) is 3.96. The molecule has 0 bridgehead atoms. The first-order valence-electron chi connectivity index (χ1n) is 25.5. The Bertz CT molecular complexity index is 3970. The van der Waals surface area contributed by atoms with Gasteiger partial charge in [-0.25, -0.2) is 0 Å². The number of rotatable bonds is 8. The second-order valence-electron chi connectivity index (χ2n) is 17.2. The molecule has 0 spiro atoms. The number of nitrogens with zero attached hydrogens (tertiary/aromatic N) is 2. The normalized spacial score (nSPS) is 12.6. The van der Waals surface area contributed by atoms with Gasteiger partial charge in [-0.1, -0.05) is 206 Å². The molecule has 0 aliphatic carbocycles. The van der Waals surface area contributed by atoms with E-state index in [0.717, 1.165) is 116 Å². The quantitative estimate of drug-likeness (QED) is 0.144. The molecule has 0 radical (unpaired) electrons. The molecule has 2 aromatic heterocycles. The third-order valence-electron chi connectivity index (χ3n) is 13.4. The zero-order valence-electron chi connectivity index (χ0n) is 41.9. The fourth-order valence-corrected chi connectivity index (χ4v) is 10.5. The molecule has 0 N–H and O–H groups in total. The van der Waals surface area contributed by atoms with Gasteiger partial charge in [0.15, 0.2) is 0 Å². The van der Waals surface area contributed by atoms with Crippen LogP contribution in [0.5, 0.6) is 0 Å². The summed E-state index contributed by atoms with van der Waals surface area (Å²) in [6.45, 7) is 0. The Morgan fingerprint density at radius 2 is 0.618 bits per heavy atom. The molecule has 68 heavy (non-hydrogen) atoms. The van der Waals surface area contributed by atoms with Crippen LogP contribution in [0.25, 0.3) is 122 Å². The van der Waals surface area contributed by atoms with Gasteiger partial charge in [-0.05, 0) is 127 Å². The van der Waals surface area contributed by atoms with E-state index >= 15 is 0 Å². The zero-order valence-corrected chi connectivity index (χ0v) is 36.9. The van der Waals surface area contributed by atoms with E-state index in [1.165, 1.54) is 0 Å². The number of fused-ring (bicyclic) bond motifs is 6. The molecule has 0 atom stereocenters. The molecule has 11 aromatic carbocycles. The van der Waals surface area contributed by atoms with Gasteiger partial charge < -0.3 is 9.13 Å². The minimum Gasteiger partial charge on any atom is -0.309 e. The molecule has 13 rings (SSSR count). The maximum atomic E-state index is 9.01. The lowest BCUT2D eigenvalue weighted by atomic mass is 9.86. The fourth-order valence-electron chi connectivity index (χ4n) is 10.5. The number of hydrogen-bond donors (Lipinski definition) is 0. The average molecular weight is 870 g/mol. The minimum atomic E-state index is -0.417. The summed E-state index contributed by atoms with van der Waals surface area (Å²) in [4.78, 5) is 0. The van der Waals surface area contributed by atoms with Crippen LogP contribution in [0.3, 0.4) is 0 Å². The Labute approximate surface area is 402 Å². The third-order valence-corrected chi connectivity index (χ3v) is 13.4. The Kier molecular flexibility index (Phi) is 8.33. The molecule has 13 aromatic rings. The van der Waals surface area contributed by atoms with Crippen LogP contribution in [0, 0.1) is 0 Å². The van der Waals surface area contributed by atoms with Crippen LogP contribution in [0.15, 0.2) is 267 Å². The van der Waals surface area contributed by atoms with Crippen molar-refractivity contribution in [2.75, 3.05) is 0 Å². The Morgan fingerprint density at radius 3 is 1.07 bits per heavy atom. The summed E-state index contributed by atoms with van der Waals surface area (Å²) < 4.78 is 47.7. The number of benzene rings is 11. The molecule has 0 amide bonds. The first-order chi connectivity index (χ1) is 35.8. The Hall–Kier alpha value is -8.98. The van der Waals surface area contributed by atoms with Crippen molar-refractivity contribution >= 4 is 43.6 Å². The summed E-state index contributed by atoms with van der Waals surface area (Å²) >= 11 is 0. The van der Waals surface area contributed by atoms with Crippen molar-refractivity contribution in [3.05, 3.63) is 267 Å². The van der Waals surface area contributed by atoms with Crippen LogP contribution in [0.2, 0.25) is 0 Å².